The van der Waals surface area contributed by atoms with Crippen molar-refractivity contribution < 1.29 is 0 Å². The van der Waals surface area contributed by atoms with Crippen LogP contribution < -0.4 is 10.9 Å². The van der Waals surface area contributed by atoms with Gasteiger partial charge in [0.25, 0.3) is 5.56 Å². The Bertz CT molecular complexity index is 640. The van der Waals surface area contributed by atoms with E-state index in [1.165, 1.54) is 12.1 Å². The first-order valence-electron chi connectivity index (χ1n) is 9.07. The molecule has 0 saturated carbocycles. The van der Waals surface area contributed by atoms with Crippen LogP contribution in [0.3, 0.4) is 0 Å². The molecule has 0 unspecified atom stereocenters. The van der Waals surface area contributed by atoms with Gasteiger partial charge in [-0.15, -0.1) is 0 Å². The van der Waals surface area contributed by atoms with Gasteiger partial charge in [-0.25, -0.2) is 0 Å². The van der Waals surface area contributed by atoms with Crippen LogP contribution in [0.2, 0.25) is 0 Å². The third-order valence-corrected chi connectivity index (χ3v) is 5.77. The van der Waals surface area contributed by atoms with Crippen LogP contribution in [0.15, 0.2) is 23.0 Å². The summed E-state index contributed by atoms with van der Waals surface area (Å²) in [5.41, 5.74) is 1.31. The molecule has 0 radical (unpaired) electrons. The Hall–Kier alpha value is -1.40. The first kappa shape index (κ1) is 17.4. The molecule has 1 aromatic rings. The molecule has 5 nitrogen and oxygen atoms in total. The maximum absolute atomic E-state index is 12.1. The van der Waals surface area contributed by atoms with Crippen molar-refractivity contribution in [3.8, 4) is 0 Å². The topological polar surface area (TPSA) is 40.5 Å². The fourth-order valence-electron chi connectivity index (χ4n) is 4.03. The first-order valence-corrected chi connectivity index (χ1v) is 9.48. The maximum Gasteiger partial charge on any atom is 0.250 e. The predicted octanol–water partition coefficient (Wildman–Crippen LogP) is 1.48. The van der Waals surface area contributed by atoms with Crippen LogP contribution in [-0.2, 0) is 6.54 Å². The van der Waals surface area contributed by atoms with Gasteiger partial charge >= 0.3 is 0 Å². The number of nitrogens with zero attached hydrogens (tertiary/aromatic N) is 3. The minimum atomic E-state index is 0.135. The zero-order valence-corrected chi connectivity index (χ0v) is 15.5. The number of pyridine rings is 1. The van der Waals surface area contributed by atoms with Gasteiger partial charge in [0, 0.05) is 50.4 Å². The van der Waals surface area contributed by atoms with E-state index in [4.69, 9.17) is 12.2 Å². The van der Waals surface area contributed by atoms with E-state index >= 15 is 0 Å². The molecular formula is C18H28N4OS. The lowest BCUT2D eigenvalue weighted by Gasteiger charge is -2.43. The number of piperidine rings is 1. The highest BCUT2D eigenvalue weighted by Gasteiger charge is 2.35. The number of hydrogen-bond acceptors (Lipinski definition) is 3. The average molecular weight is 349 g/mol. The Labute approximate surface area is 149 Å². The Morgan fingerprint density at radius 1 is 1.29 bits per heavy atom. The average Bonchev–Trinajstić information content (AvgIpc) is 2.59. The summed E-state index contributed by atoms with van der Waals surface area (Å²) < 4.78 is 1.97. The minimum Gasteiger partial charge on any atom is -0.361 e. The van der Waals surface area contributed by atoms with Crippen molar-refractivity contribution in [1.82, 2.24) is 19.7 Å². The smallest absolute Gasteiger partial charge is 0.250 e. The Balaban J connectivity index is 1.60. The van der Waals surface area contributed by atoms with Crippen molar-refractivity contribution in [3.05, 3.63) is 34.2 Å². The molecule has 0 aromatic carbocycles. The van der Waals surface area contributed by atoms with E-state index in [9.17, 15) is 4.79 Å². The number of hydrogen-bond donors (Lipinski definition) is 1. The van der Waals surface area contributed by atoms with Crippen molar-refractivity contribution >= 4 is 17.3 Å². The standard InChI is InChI=1S/C18H28N4OS/c1-3-20(4-2)9-8-19-18(24)21-11-14-10-15(13-21)16-6-5-7-17(23)22(16)12-14/h5-7,14-15H,3-4,8-13H2,1-2H3,(H,19,24)/t14-,15-/m1/s1. The van der Waals surface area contributed by atoms with Gasteiger partial charge in [0.1, 0.15) is 0 Å². The second-order valence-electron chi connectivity index (χ2n) is 6.86. The molecule has 2 aliphatic rings. The SMILES string of the molecule is CCN(CC)CCNC(=S)N1C[C@H]2C[C@H](C1)c1cccc(=O)n1C2. The quantitative estimate of drug-likeness (QED) is 0.817. The molecule has 24 heavy (non-hydrogen) atoms. The maximum atomic E-state index is 12.1. The molecule has 3 rings (SSSR count). The van der Waals surface area contributed by atoms with E-state index in [0.29, 0.717) is 11.8 Å². The molecule has 0 aliphatic carbocycles. The highest BCUT2D eigenvalue weighted by atomic mass is 32.1. The molecule has 2 aliphatic heterocycles. The van der Waals surface area contributed by atoms with Gasteiger partial charge in [-0.2, -0.15) is 0 Å². The van der Waals surface area contributed by atoms with E-state index in [0.717, 1.165) is 50.9 Å². The number of aromatic nitrogens is 1. The van der Waals surface area contributed by atoms with Crippen LogP contribution in [0.1, 0.15) is 31.9 Å². The van der Waals surface area contributed by atoms with E-state index in [1.54, 1.807) is 6.07 Å². The Morgan fingerprint density at radius 2 is 2.08 bits per heavy atom. The summed E-state index contributed by atoms with van der Waals surface area (Å²) in [7, 11) is 0. The van der Waals surface area contributed by atoms with Crippen LogP contribution in [0.5, 0.6) is 0 Å². The van der Waals surface area contributed by atoms with Gasteiger partial charge < -0.3 is 19.7 Å². The molecule has 1 aromatic heterocycles. The normalized spacial score (nSPS) is 22.4. The second kappa shape index (κ2) is 7.66. The van der Waals surface area contributed by atoms with Gasteiger partial charge in [-0.1, -0.05) is 19.9 Å². The Kier molecular flexibility index (Phi) is 5.56. The molecular weight excluding hydrogens is 320 g/mol. The van der Waals surface area contributed by atoms with Crippen LogP contribution in [0.4, 0.5) is 0 Å². The van der Waals surface area contributed by atoms with E-state index < -0.39 is 0 Å². The summed E-state index contributed by atoms with van der Waals surface area (Å²) in [6.45, 7) is 11.1. The van der Waals surface area contributed by atoms with Crippen molar-refractivity contribution in [2.75, 3.05) is 39.3 Å². The van der Waals surface area contributed by atoms with Crippen molar-refractivity contribution in [3.63, 3.8) is 0 Å². The van der Waals surface area contributed by atoms with Gasteiger partial charge in [0.15, 0.2) is 5.11 Å². The van der Waals surface area contributed by atoms with Crippen LogP contribution in [-0.4, -0.2) is 58.7 Å². The fraction of sp³-hybridized carbons (Fsp3) is 0.667. The zero-order valence-electron chi connectivity index (χ0n) is 14.7. The highest BCUT2D eigenvalue weighted by Crippen LogP contribution is 2.34. The number of thiocarbonyl (C=S) groups is 1. The monoisotopic (exact) mass is 348 g/mol. The third kappa shape index (κ3) is 3.64. The number of likely N-dealkylation sites (N-methyl/N-ethyl adjacent to an activating group) is 1. The largest absolute Gasteiger partial charge is 0.361 e. The molecule has 1 N–H and O–H groups in total. The van der Waals surface area contributed by atoms with E-state index in [1.807, 2.05) is 10.6 Å². The predicted molar refractivity (Wildman–Crippen MR) is 102 cm³/mol. The summed E-state index contributed by atoms with van der Waals surface area (Å²) >= 11 is 5.63. The number of fused-ring (bicyclic) bond motifs is 4. The summed E-state index contributed by atoms with van der Waals surface area (Å²) in [5.74, 6) is 0.924. The summed E-state index contributed by atoms with van der Waals surface area (Å²) in [4.78, 5) is 16.8. The number of likely N-dealkylation sites (tertiary alicyclic amines) is 1. The van der Waals surface area contributed by atoms with E-state index in [-0.39, 0.29) is 5.56 Å². The minimum absolute atomic E-state index is 0.135. The molecule has 132 valence electrons. The molecule has 1 saturated heterocycles. The van der Waals surface area contributed by atoms with Crippen LogP contribution in [0.25, 0.3) is 0 Å². The lowest BCUT2D eigenvalue weighted by atomic mass is 9.83. The third-order valence-electron chi connectivity index (χ3n) is 5.37. The summed E-state index contributed by atoms with van der Waals surface area (Å²) in [6, 6.07) is 5.65. The van der Waals surface area contributed by atoms with Crippen molar-refractivity contribution in [1.29, 1.82) is 0 Å². The van der Waals surface area contributed by atoms with Crippen LogP contribution >= 0.6 is 12.2 Å². The summed E-state index contributed by atoms with van der Waals surface area (Å²) in [6.07, 6.45) is 1.17. The van der Waals surface area contributed by atoms with Crippen LogP contribution in [0, 0.1) is 5.92 Å². The van der Waals surface area contributed by atoms with Gasteiger partial charge in [0.2, 0.25) is 0 Å². The highest BCUT2D eigenvalue weighted by molar-refractivity contribution is 7.80. The lowest BCUT2D eigenvalue weighted by molar-refractivity contribution is 0.177. The Morgan fingerprint density at radius 3 is 2.83 bits per heavy atom. The second-order valence-corrected chi connectivity index (χ2v) is 7.25. The number of rotatable bonds is 5. The van der Waals surface area contributed by atoms with E-state index in [2.05, 4.69) is 35.0 Å². The molecule has 2 bridgehead atoms. The van der Waals surface area contributed by atoms with Gasteiger partial charge in [-0.05, 0) is 43.7 Å². The lowest BCUT2D eigenvalue weighted by Crippen LogP contribution is -2.52. The molecule has 1 fully saturated rings. The molecule has 6 heteroatoms. The first-order chi connectivity index (χ1) is 11.6. The summed E-state index contributed by atoms with van der Waals surface area (Å²) in [5, 5.41) is 4.29. The van der Waals surface area contributed by atoms with Gasteiger partial charge in [0.05, 0.1) is 0 Å². The van der Waals surface area contributed by atoms with Crippen molar-refractivity contribution in [2.45, 2.75) is 32.7 Å². The van der Waals surface area contributed by atoms with Gasteiger partial charge in [-0.3, -0.25) is 4.79 Å². The molecule has 0 spiro atoms. The molecule has 2 atom stereocenters. The zero-order chi connectivity index (χ0) is 17.1. The molecule has 3 heterocycles. The van der Waals surface area contributed by atoms with Crippen molar-refractivity contribution in [2.24, 2.45) is 5.92 Å². The fourth-order valence-corrected chi connectivity index (χ4v) is 4.29. The molecule has 0 amide bonds. The number of nitrogens with one attached hydrogen (secondary N) is 1.